The number of amides is 2. The van der Waals surface area contributed by atoms with E-state index in [1.54, 1.807) is 23.6 Å². The maximum atomic E-state index is 13.0. The molecule has 0 aliphatic rings. The molecule has 1 N–H and O–H groups in total. The molecule has 1 unspecified atom stereocenters. The first-order chi connectivity index (χ1) is 14.3. The van der Waals surface area contributed by atoms with Gasteiger partial charge in [0.15, 0.2) is 0 Å². The second kappa shape index (κ2) is 12.4. The fraction of sp³-hybridized carbons (Fsp3) is 0.391. The lowest BCUT2D eigenvalue weighted by Crippen LogP contribution is -2.49. The number of nitrogens with one attached hydrogen (secondary N) is 1. The maximum absolute atomic E-state index is 13.0. The Morgan fingerprint density at radius 3 is 2.30 bits per heavy atom. The number of rotatable bonds is 10. The molecule has 0 aliphatic heterocycles. The number of carbonyl (C=O) groups excluding carboxylic acids is 2. The van der Waals surface area contributed by atoms with Crippen LogP contribution < -0.4 is 5.32 Å². The number of nitrogens with zero attached hydrogens (tertiary/aromatic N) is 1. The van der Waals surface area contributed by atoms with Crippen molar-refractivity contribution >= 4 is 51.1 Å². The molecule has 0 saturated heterocycles. The van der Waals surface area contributed by atoms with Crippen molar-refractivity contribution in [1.29, 1.82) is 0 Å². The Morgan fingerprint density at radius 2 is 1.70 bits per heavy atom. The maximum Gasteiger partial charge on any atom is 0.242 e. The summed E-state index contributed by atoms with van der Waals surface area (Å²) in [4.78, 5) is 28.4. The van der Waals surface area contributed by atoms with Crippen molar-refractivity contribution in [3.63, 3.8) is 0 Å². The zero-order chi connectivity index (χ0) is 22.1. The SMILES string of the molecule is CC(C)NC(=O)C(C)N(Cc1ccc(Br)cc1)C(=O)CCCSc1ccc(Cl)cc1. The van der Waals surface area contributed by atoms with E-state index in [1.807, 2.05) is 62.4 Å². The van der Waals surface area contributed by atoms with Crippen molar-refractivity contribution in [2.45, 2.75) is 57.1 Å². The van der Waals surface area contributed by atoms with Crippen LogP contribution >= 0.6 is 39.3 Å². The quantitative estimate of drug-likeness (QED) is 0.318. The van der Waals surface area contributed by atoms with Gasteiger partial charge in [0.1, 0.15) is 6.04 Å². The molecule has 4 nitrogen and oxygen atoms in total. The predicted octanol–water partition coefficient (Wildman–Crippen LogP) is 5.92. The van der Waals surface area contributed by atoms with Crippen molar-refractivity contribution < 1.29 is 9.59 Å². The molecule has 0 heterocycles. The van der Waals surface area contributed by atoms with Crippen molar-refractivity contribution in [1.82, 2.24) is 10.2 Å². The highest BCUT2D eigenvalue weighted by molar-refractivity contribution is 9.10. The number of hydrogen-bond donors (Lipinski definition) is 1. The molecule has 2 amide bonds. The van der Waals surface area contributed by atoms with Gasteiger partial charge in [-0.25, -0.2) is 0 Å². The van der Waals surface area contributed by atoms with Gasteiger partial charge in [0.2, 0.25) is 11.8 Å². The largest absolute Gasteiger partial charge is 0.352 e. The van der Waals surface area contributed by atoms with Crippen LogP contribution in [0.1, 0.15) is 39.2 Å². The zero-order valence-corrected chi connectivity index (χ0v) is 20.7. The monoisotopic (exact) mass is 510 g/mol. The Kier molecular flexibility index (Phi) is 10.2. The molecule has 0 radical (unpaired) electrons. The van der Waals surface area contributed by atoms with Gasteiger partial charge in [0, 0.05) is 33.4 Å². The summed E-state index contributed by atoms with van der Waals surface area (Å²) in [5.41, 5.74) is 0.992. The Labute approximate surface area is 196 Å². The molecular weight excluding hydrogens is 484 g/mol. The van der Waals surface area contributed by atoms with E-state index in [4.69, 9.17) is 11.6 Å². The highest BCUT2D eigenvalue weighted by atomic mass is 79.9. The average molecular weight is 512 g/mol. The van der Waals surface area contributed by atoms with Crippen molar-refractivity contribution in [2.75, 3.05) is 5.75 Å². The Morgan fingerprint density at radius 1 is 1.07 bits per heavy atom. The summed E-state index contributed by atoms with van der Waals surface area (Å²) in [6.45, 7) is 6.03. The third-order valence-corrected chi connectivity index (χ3v) is 6.36. The highest BCUT2D eigenvalue weighted by Gasteiger charge is 2.26. The summed E-state index contributed by atoms with van der Waals surface area (Å²) in [5.74, 6) is 0.679. The standard InChI is InChI=1S/C23H28BrClN2O2S/c1-16(2)26-23(29)17(3)27(15-18-6-8-19(24)9-7-18)22(28)5-4-14-30-21-12-10-20(25)11-13-21/h6-13,16-17H,4-5,14-15H2,1-3H3,(H,26,29). The zero-order valence-electron chi connectivity index (χ0n) is 17.5. The summed E-state index contributed by atoms with van der Waals surface area (Å²) >= 11 is 11.0. The Hall–Kier alpha value is -1.50. The molecule has 30 heavy (non-hydrogen) atoms. The van der Waals surface area contributed by atoms with Gasteiger partial charge in [0.05, 0.1) is 0 Å². The number of hydrogen-bond acceptors (Lipinski definition) is 3. The minimum atomic E-state index is -0.535. The van der Waals surface area contributed by atoms with Crippen LogP contribution in [0.2, 0.25) is 5.02 Å². The minimum absolute atomic E-state index is 0.0129. The topological polar surface area (TPSA) is 49.4 Å². The normalized spacial score (nSPS) is 11.9. The van der Waals surface area contributed by atoms with Crippen molar-refractivity contribution in [3.8, 4) is 0 Å². The second-order valence-corrected chi connectivity index (χ2v) is 9.91. The fourth-order valence-electron chi connectivity index (χ4n) is 2.86. The molecule has 2 aromatic carbocycles. The van der Waals surface area contributed by atoms with E-state index in [1.165, 1.54) is 0 Å². The molecule has 0 aromatic heterocycles. The Bertz CT molecular complexity index is 828. The van der Waals surface area contributed by atoms with E-state index in [2.05, 4.69) is 21.2 Å². The van der Waals surface area contributed by atoms with Crippen molar-refractivity contribution in [2.24, 2.45) is 0 Å². The lowest BCUT2D eigenvalue weighted by atomic mass is 10.1. The highest BCUT2D eigenvalue weighted by Crippen LogP contribution is 2.22. The second-order valence-electron chi connectivity index (χ2n) is 7.39. The van der Waals surface area contributed by atoms with Gasteiger partial charge in [-0.2, -0.15) is 0 Å². The van der Waals surface area contributed by atoms with Crippen LogP contribution in [-0.2, 0) is 16.1 Å². The molecular formula is C23H28BrClN2O2S. The first-order valence-corrected chi connectivity index (χ1v) is 12.1. The molecule has 0 bridgehead atoms. The summed E-state index contributed by atoms with van der Waals surface area (Å²) < 4.78 is 0.981. The van der Waals surface area contributed by atoms with E-state index < -0.39 is 6.04 Å². The van der Waals surface area contributed by atoms with E-state index in [-0.39, 0.29) is 17.9 Å². The number of benzene rings is 2. The molecule has 0 aliphatic carbocycles. The number of thioether (sulfide) groups is 1. The van der Waals surface area contributed by atoms with Crippen molar-refractivity contribution in [3.05, 3.63) is 63.6 Å². The van der Waals surface area contributed by atoms with Crippen LogP contribution in [0.25, 0.3) is 0 Å². The van der Waals surface area contributed by atoms with Gasteiger partial charge < -0.3 is 10.2 Å². The Balaban J connectivity index is 1.98. The third-order valence-electron chi connectivity index (χ3n) is 4.48. The summed E-state index contributed by atoms with van der Waals surface area (Å²) in [6, 6.07) is 15.0. The lowest BCUT2D eigenvalue weighted by molar-refractivity contribution is -0.140. The summed E-state index contributed by atoms with van der Waals surface area (Å²) in [6.07, 6.45) is 1.14. The fourth-order valence-corrected chi connectivity index (χ4v) is 4.11. The molecule has 162 valence electrons. The van der Waals surface area contributed by atoms with Crippen LogP contribution in [0.4, 0.5) is 0 Å². The molecule has 0 fully saturated rings. The molecule has 2 rings (SSSR count). The first-order valence-electron chi connectivity index (χ1n) is 9.99. The number of halogens is 2. The average Bonchev–Trinajstić information content (AvgIpc) is 2.71. The summed E-state index contributed by atoms with van der Waals surface area (Å²) in [5, 5.41) is 3.63. The predicted molar refractivity (Wildman–Crippen MR) is 129 cm³/mol. The van der Waals surface area contributed by atoms with Gasteiger partial charge in [-0.3, -0.25) is 9.59 Å². The number of carbonyl (C=O) groups is 2. The van der Waals surface area contributed by atoms with Gasteiger partial charge in [-0.05, 0) is 74.9 Å². The molecule has 0 spiro atoms. The van der Waals surface area contributed by atoms with Crippen LogP contribution in [0.15, 0.2) is 57.9 Å². The minimum Gasteiger partial charge on any atom is -0.352 e. The molecule has 0 saturated carbocycles. The first kappa shape index (κ1) is 24.8. The summed E-state index contributed by atoms with van der Waals surface area (Å²) in [7, 11) is 0. The lowest BCUT2D eigenvalue weighted by Gasteiger charge is -2.29. The van der Waals surface area contributed by atoms with Gasteiger partial charge in [-0.1, -0.05) is 39.7 Å². The van der Waals surface area contributed by atoms with Crippen LogP contribution in [0.5, 0.6) is 0 Å². The smallest absolute Gasteiger partial charge is 0.242 e. The van der Waals surface area contributed by atoms with E-state index >= 15 is 0 Å². The third kappa shape index (κ3) is 8.32. The van der Waals surface area contributed by atoms with Crippen LogP contribution in [0, 0.1) is 0 Å². The van der Waals surface area contributed by atoms with Crippen LogP contribution in [-0.4, -0.2) is 34.6 Å². The molecule has 2 aromatic rings. The van der Waals surface area contributed by atoms with Gasteiger partial charge in [-0.15, -0.1) is 11.8 Å². The van der Waals surface area contributed by atoms with Gasteiger partial charge >= 0.3 is 0 Å². The van der Waals surface area contributed by atoms with E-state index in [0.717, 1.165) is 27.1 Å². The van der Waals surface area contributed by atoms with Gasteiger partial charge in [0.25, 0.3) is 0 Å². The van der Waals surface area contributed by atoms with E-state index in [0.29, 0.717) is 18.0 Å². The molecule has 1 atom stereocenters. The van der Waals surface area contributed by atoms with E-state index in [9.17, 15) is 9.59 Å². The molecule has 7 heteroatoms. The van der Waals surface area contributed by atoms with Crippen LogP contribution in [0.3, 0.4) is 0 Å².